The molecule has 160 valence electrons. The van der Waals surface area contributed by atoms with E-state index >= 15 is 0 Å². The highest BCUT2D eigenvalue weighted by molar-refractivity contribution is 5.85. The lowest BCUT2D eigenvalue weighted by Gasteiger charge is -2.32. The topological polar surface area (TPSA) is 59.0 Å². The van der Waals surface area contributed by atoms with Gasteiger partial charge in [-0.2, -0.15) is 0 Å². The van der Waals surface area contributed by atoms with E-state index in [0.29, 0.717) is 37.2 Å². The van der Waals surface area contributed by atoms with Gasteiger partial charge in [-0.15, -0.1) is 0 Å². The number of ether oxygens (including phenoxy) is 2. The first-order chi connectivity index (χ1) is 14.4. The van der Waals surface area contributed by atoms with Crippen LogP contribution < -0.4 is 9.47 Å². The van der Waals surface area contributed by atoms with E-state index in [0.717, 1.165) is 11.1 Å². The van der Waals surface area contributed by atoms with Gasteiger partial charge < -0.3 is 14.6 Å². The van der Waals surface area contributed by atoms with Crippen LogP contribution in [0.5, 0.6) is 11.5 Å². The Balaban J connectivity index is 1.29. The minimum atomic E-state index is -0.781. The molecule has 4 rings (SSSR count). The molecule has 0 saturated carbocycles. The molecule has 0 fully saturated rings. The van der Waals surface area contributed by atoms with Crippen molar-refractivity contribution in [3.05, 3.63) is 59.2 Å². The second kappa shape index (κ2) is 8.70. The van der Waals surface area contributed by atoms with Gasteiger partial charge in [0, 0.05) is 6.54 Å². The quantitative estimate of drug-likeness (QED) is 0.783. The van der Waals surface area contributed by atoms with Gasteiger partial charge in [0.25, 0.3) is 0 Å². The standard InChI is InChI=1S/C23H25F2NO4/c1-26(12-18(27)22-6-2-14-10-16(24)4-8-20(14)29-22)13-19(28)23-7-3-15-11-17(25)5-9-21(15)30-23/h4-5,8-11,18,22-23,27H,2-3,6-7,12-13H2,1H3/t18-,22?,23?/m1/s1. The zero-order chi connectivity index (χ0) is 21.3. The summed E-state index contributed by atoms with van der Waals surface area (Å²) >= 11 is 0. The van der Waals surface area contributed by atoms with Gasteiger partial charge in [0.15, 0.2) is 11.9 Å². The number of ketones is 1. The molecule has 0 saturated heterocycles. The summed E-state index contributed by atoms with van der Waals surface area (Å²) in [6.45, 7) is 0.397. The van der Waals surface area contributed by atoms with Crippen LogP contribution in [0.3, 0.4) is 0 Å². The highest BCUT2D eigenvalue weighted by Gasteiger charge is 2.30. The van der Waals surface area contributed by atoms with Crippen molar-refractivity contribution in [1.82, 2.24) is 4.90 Å². The summed E-state index contributed by atoms with van der Waals surface area (Å²) in [4.78, 5) is 14.4. The van der Waals surface area contributed by atoms with E-state index in [9.17, 15) is 18.7 Å². The van der Waals surface area contributed by atoms with E-state index in [1.807, 2.05) is 0 Å². The number of aliphatic hydroxyl groups is 1. The van der Waals surface area contributed by atoms with Crippen LogP contribution in [0.1, 0.15) is 24.0 Å². The molecule has 0 aliphatic carbocycles. The number of likely N-dealkylation sites (N-methyl/N-ethyl adjacent to an activating group) is 1. The molecule has 2 unspecified atom stereocenters. The van der Waals surface area contributed by atoms with Crippen LogP contribution in [0.2, 0.25) is 0 Å². The molecule has 2 aromatic rings. The third-order valence-corrected chi connectivity index (χ3v) is 5.68. The predicted octanol–water partition coefficient (Wildman–Crippen LogP) is 2.91. The first-order valence-corrected chi connectivity index (χ1v) is 10.2. The highest BCUT2D eigenvalue weighted by Crippen LogP contribution is 2.30. The predicted molar refractivity (Wildman–Crippen MR) is 107 cm³/mol. The second-order valence-electron chi connectivity index (χ2n) is 8.07. The van der Waals surface area contributed by atoms with Gasteiger partial charge in [0.1, 0.15) is 35.3 Å². The Morgan fingerprint density at radius 3 is 2.33 bits per heavy atom. The van der Waals surface area contributed by atoms with Crippen molar-refractivity contribution in [1.29, 1.82) is 0 Å². The van der Waals surface area contributed by atoms with Crippen molar-refractivity contribution < 1.29 is 28.2 Å². The number of aliphatic hydroxyl groups excluding tert-OH is 1. The zero-order valence-corrected chi connectivity index (χ0v) is 16.8. The van der Waals surface area contributed by atoms with Gasteiger partial charge in [-0.05, 0) is 80.3 Å². The van der Waals surface area contributed by atoms with Crippen LogP contribution in [-0.2, 0) is 17.6 Å². The smallest absolute Gasteiger partial charge is 0.187 e. The lowest BCUT2D eigenvalue weighted by molar-refractivity contribution is -0.127. The summed E-state index contributed by atoms with van der Waals surface area (Å²) in [6.07, 6.45) is 0.544. The summed E-state index contributed by atoms with van der Waals surface area (Å²) in [7, 11) is 1.76. The lowest BCUT2D eigenvalue weighted by atomic mass is 9.98. The van der Waals surface area contributed by atoms with E-state index in [-0.39, 0.29) is 30.5 Å². The number of hydrogen-bond donors (Lipinski definition) is 1. The summed E-state index contributed by atoms with van der Waals surface area (Å²) < 4.78 is 38.2. The molecule has 0 amide bonds. The van der Waals surface area contributed by atoms with Crippen molar-refractivity contribution >= 4 is 5.78 Å². The SMILES string of the molecule is CN(CC(=O)C1CCc2cc(F)ccc2O1)C[C@@H](O)C1CCc2cc(F)ccc2O1. The number of aryl methyl sites for hydroxylation is 2. The Morgan fingerprint density at radius 2 is 1.67 bits per heavy atom. The number of rotatable bonds is 6. The third kappa shape index (κ3) is 4.63. The monoisotopic (exact) mass is 417 g/mol. The van der Waals surface area contributed by atoms with E-state index < -0.39 is 18.3 Å². The summed E-state index contributed by atoms with van der Waals surface area (Å²) in [5, 5.41) is 10.6. The summed E-state index contributed by atoms with van der Waals surface area (Å²) in [6, 6.07) is 8.71. The molecule has 2 heterocycles. The number of hydrogen-bond acceptors (Lipinski definition) is 5. The second-order valence-corrected chi connectivity index (χ2v) is 8.07. The van der Waals surface area contributed by atoms with Crippen LogP contribution in [-0.4, -0.2) is 54.2 Å². The van der Waals surface area contributed by atoms with Gasteiger partial charge in [-0.1, -0.05) is 0 Å². The van der Waals surface area contributed by atoms with Crippen molar-refractivity contribution in [2.75, 3.05) is 20.1 Å². The third-order valence-electron chi connectivity index (χ3n) is 5.68. The van der Waals surface area contributed by atoms with E-state index in [1.165, 1.54) is 24.3 Å². The van der Waals surface area contributed by atoms with Crippen molar-refractivity contribution in [3.8, 4) is 11.5 Å². The molecular formula is C23H25F2NO4. The maximum atomic E-state index is 13.3. The van der Waals surface area contributed by atoms with Crippen molar-refractivity contribution in [2.24, 2.45) is 0 Å². The maximum Gasteiger partial charge on any atom is 0.187 e. The molecule has 0 aromatic heterocycles. The minimum absolute atomic E-state index is 0.0786. The van der Waals surface area contributed by atoms with E-state index in [2.05, 4.69) is 0 Å². The van der Waals surface area contributed by atoms with Gasteiger partial charge in [-0.25, -0.2) is 8.78 Å². The largest absolute Gasteiger partial charge is 0.487 e. The Kier molecular flexibility index (Phi) is 6.01. The number of Topliss-reactive ketones (excluding diaryl/α,β-unsaturated/α-hetero) is 1. The summed E-state index contributed by atoms with van der Waals surface area (Å²) in [5.74, 6) is 0.455. The first kappa shape index (κ1) is 20.8. The maximum absolute atomic E-state index is 13.3. The van der Waals surface area contributed by atoms with Crippen molar-refractivity contribution in [2.45, 2.75) is 44.0 Å². The average Bonchev–Trinajstić information content (AvgIpc) is 2.72. The summed E-state index contributed by atoms with van der Waals surface area (Å²) in [5.41, 5.74) is 1.58. The Morgan fingerprint density at radius 1 is 1.07 bits per heavy atom. The fraction of sp³-hybridized carbons (Fsp3) is 0.435. The number of benzene rings is 2. The molecule has 5 nitrogen and oxygen atoms in total. The van der Waals surface area contributed by atoms with Gasteiger partial charge in [-0.3, -0.25) is 9.69 Å². The molecule has 3 atom stereocenters. The van der Waals surface area contributed by atoms with Crippen LogP contribution in [0, 0.1) is 11.6 Å². The molecular weight excluding hydrogens is 392 g/mol. The molecule has 0 bridgehead atoms. The normalized spacial score (nSPS) is 21.2. The molecule has 2 aliphatic heterocycles. The molecule has 2 aliphatic rings. The number of halogens is 2. The number of carbonyl (C=O) groups excluding carboxylic acids is 1. The molecule has 2 aromatic carbocycles. The Bertz CT molecular complexity index is 935. The molecule has 1 N–H and O–H groups in total. The number of carbonyl (C=O) groups is 1. The van der Waals surface area contributed by atoms with Crippen LogP contribution >= 0.6 is 0 Å². The Labute approximate surface area is 174 Å². The lowest BCUT2D eigenvalue weighted by Crippen LogP contribution is -2.45. The van der Waals surface area contributed by atoms with Gasteiger partial charge in [0.05, 0.1) is 6.54 Å². The number of fused-ring (bicyclic) bond motifs is 2. The average molecular weight is 417 g/mol. The number of nitrogens with zero attached hydrogens (tertiary/aromatic N) is 1. The van der Waals surface area contributed by atoms with Crippen LogP contribution in [0.15, 0.2) is 36.4 Å². The fourth-order valence-electron chi connectivity index (χ4n) is 4.10. The molecule has 0 spiro atoms. The highest BCUT2D eigenvalue weighted by atomic mass is 19.1. The molecule has 0 radical (unpaired) electrons. The zero-order valence-electron chi connectivity index (χ0n) is 16.8. The van der Waals surface area contributed by atoms with Gasteiger partial charge >= 0.3 is 0 Å². The minimum Gasteiger partial charge on any atom is -0.487 e. The van der Waals surface area contributed by atoms with Crippen molar-refractivity contribution in [3.63, 3.8) is 0 Å². The first-order valence-electron chi connectivity index (χ1n) is 10.2. The van der Waals surface area contributed by atoms with Gasteiger partial charge in [0.2, 0.25) is 0 Å². The fourth-order valence-corrected chi connectivity index (χ4v) is 4.10. The molecule has 30 heavy (non-hydrogen) atoms. The van der Waals surface area contributed by atoms with Crippen LogP contribution in [0.25, 0.3) is 0 Å². The van der Waals surface area contributed by atoms with E-state index in [1.54, 1.807) is 24.1 Å². The Hall–Kier alpha value is -2.51. The van der Waals surface area contributed by atoms with E-state index in [4.69, 9.17) is 9.47 Å². The molecule has 7 heteroatoms. The van der Waals surface area contributed by atoms with Crippen LogP contribution in [0.4, 0.5) is 8.78 Å².